The lowest BCUT2D eigenvalue weighted by Crippen LogP contribution is -2.24. The summed E-state index contributed by atoms with van der Waals surface area (Å²) in [5.74, 6) is 1.45. The van der Waals surface area contributed by atoms with Gasteiger partial charge in [-0.15, -0.1) is 0 Å². The number of amides is 1. The Labute approximate surface area is 196 Å². The number of nitrogen functional groups attached to an aromatic ring is 1. The summed E-state index contributed by atoms with van der Waals surface area (Å²) in [6, 6.07) is 4.66. The Balaban J connectivity index is 1.46. The number of nitrogens with one attached hydrogen (secondary N) is 1. The van der Waals surface area contributed by atoms with Crippen molar-refractivity contribution in [1.29, 1.82) is 0 Å². The lowest BCUT2D eigenvalue weighted by atomic mass is 10.0. The SMILES string of the molecule is Cc1noc(C2CCC(CNc3cc(Cl)c(-c4ccc(N)c(C(=O)N(C)C)c4F)cn3)C2)n1. The Hall–Kier alpha value is -3.20. The van der Waals surface area contributed by atoms with Crippen LogP contribution in [0.3, 0.4) is 0 Å². The molecular weight excluding hydrogens is 447 g/mol. The smallest absolute Gasteiger partial charge is 0.258 e. The molecule has 174 valence electrons. The number of halogens is 2. The fourth-order valence-electron chi connectivity index (χ4n) is 4.18. The minimum atomic E-state index is -0.716. The topological polar surface area (TPSA) is 110 Å². The third kappa shape index (κ3) is 4.78. The summed E-state index contributed by atoms with van der Waals surface area (Å²) in [7, 11) is 3.08. The van der Waals surface area contributed by atoms with Gasteiger partial charge >= 0.3 is 0 Å². The Morgan fingerprint density at radius 1 is 1.33 bits per heavy atom. The van der Waals surface area contributed by atoms with Crippen LogP contribution in [0.5, 0.6) is 0 Å². The molecule has 0 aliphatic heterocycles. The van der Waals surface area contributed by atoms with Gasteiger partial charge in [0.05, 0.1) is 10.6 Å². The average molecular weight is 473 g/mol. The van der Waals surface area contributed by atoms with Gasteiger partial charge in [-0.3, -0.25) is 4.79 Å². The number of hydrogen-bond acceptors (Lipinski definition) is 7. The fourth-order valence-corrected chi connectivity index (χ4v) is 4.43. The van der Waals surface area contributed by atoms with Gasteiger partial charge in [-0.2, -0.15) is 4.98 Å². The van der Waals surface area contributed by atoms with E-state index < -0.39 is 11.7 Å². The highest BCUT2D eigenvalue weighted by Gasteiger charge is 2.29. The van der Waals surface area contributed by atoms with Crippen LogP contribution in [0.2, 0.25) is 5.02 Å². The van der Waals surface area contributed by atoms with Gasteiger partial charge in [0.25, 0.3) is 5.91 Å². The molecule has 2 atom stereocenters. The first-order valence-corrected chi connectivity index (χ1v) is 11.1. The highest BCUT2D eigenvalue weighted by molar-refractivity contribution is 6.33. The van der Waals surface area contributed by atoms with Gasteiger partial charge in [0.2, 0.25) is 5.89 Å². The van der Waals surface area contributed by atoms with Crippen LogP contribution >= 0.6 is 11.6 Å². The lowest BCUT2D eigenvalue weighted by Gasteiger charge is -2.16. The lowest BCUT2D eigenvalue weighted by molar-refractivity contribution is 0.0824. The number of nitrogens with zero attached hydrogens (tertiary/aromatic N) is 4. The first-order chi connectivity index (χ1) is 15.7. The van der Waals surface area contributed by atoms with Gasteiger partial charge in [0.15, 0.2) is 5.82 Å². The van der Waals surface area contributed by atoms with Gasteiger partial charge in [-0.25, -0.2) is 9.37 Å². The van der Waals surface area contributed by atoms with Crippen LogP contribution in [0.4, 0.5) is 15.9 Å². The van der Waals surface area contributed by atoms with Crippen molar-refractivity contribution in [2.75, 3.05) is 31.7 Å². The molecule has 0 saturated heterocycles. The highest BCUT2D eigenvalue weighted by Crippen LogP contribution is 2.38. The fraction of sp³-hybridized carbons (Fsp3) is 0.391. The minimum Gasteiger partial charge on any atom is -0.398 e. The highest BCUT2D eigenvalue weighted by atomic mass is 35.5. The number of carbonyl (C=O) groups excluding carboxylic acids is 1. The number of anilines is 2. The van der Waals surface area contributed by atoms with Crippen molar-refractivity contribution < 1.29 is 13.7 Å². The van der Waals surface area contributed by atoms with Crippen LogP contribution in [0.25, 0.3) is 11.1 Å². The number of benzene rings is 1. The number of rotatable bonds is 6. The van der Waals surface area contributed by atoms with Gasteiger partial charge in [0, 0.05) is 49.6 Å². The van der Waals surface area contributed by atoms with E-state index in [-0.39, 0.29) is 22.7 Å². The zero-order valence-electron chi connectivity index (χ0n) is 18.7. The summed E-state index contributed by atoms with van der Waals surface area (Å²) in [6.45, 7) is 2.54. The molecular formula is C23H26ClFN6O2. The van der Waals surface area contributed by atoms with Crippen molar-refractivity contribution >= 4 is 29.0 Å². The van der Waals surface area contributed by atoms with E-state index in [0.717, 1.165) is 25.8 Å². The summed E-state index contributed by atoms with van der Waals surface area (Å²) in [5.41, 5.74) is 6.31. The van der Waals surface area contributed by atoms with Gasteiger partial charge in [-0.05, 0) is 50.3 Å². The Morgan fingerprint density at radius 2 is 2.12 bits per heavy atom. The number of aryl methyl sites for hydroxylation is 1. The third-order valence-electron chi connectivity index (χ3n) is 5.94. The van der Waals surface area contributed by atoms with E-state index in [0.29, 0.717) is 34.0 Å². The standard InChI is InChI=1S/C23H26ClFN6O2/c1-12-29-22(33-30-12)14-5-4-13(8-14)10-27-19-9-17(24)16(11-28-19)15-6-7-18(26)20(21(15)25)23(32)31(2)3/h6-7,9,11,13-14H,4-5,8,10,26H2,1-3H3,(H,27,28). The van der Waals surface area contributed by atoms with E-state index >= 15 is 4.39 Å². The Bertz CT molecular complexity index is 1180. The molecule has 1 saturated carbocycles. The summed E-state index contributed by atoms with van der Waals surface area (Å²) in [5, 5.41) is 7.52. The van der Waals surface area contributed by atoms with Gasteiger partial charge in [-0.1, -0.05) is 16.8 Å². The van der Waals surface area contributed by atoms with E-state index in [4.69, 9.17) is 21.9 Å². The first-order valence-electron chi connectivity index (χ1n) is 10.7. The van der Waals surface area contributed by atoms with Crippen molar-refractivity contribution in [2.45, 2.75) is 32.1 Å². The summed E-state index contributed by atoms with van der Waals surface area (Å²) < 4.78 is 20.5. The summed E-state index contributed by atoms with van der Waals surface area (Å²) in [6.07, 6.45) is 4.51. The van der Waals surface area contributed by atoms with E-state index in [2.05, 4.69) is 20.4 Å². The predicted molar refractivity (Wildman–Crippen MR) is 125 cm³/mol. The molecule has 3 aromatic rings. The molecule has 1 aliphatic rings. The zero-order valence-corrected chi connectivity index (χ0v) is 19.5. The van der Waals surface area contributed by atoms with E-state index in [1.807, 2.05) is 6.92 Å². The molecule has 1 aromatic carbocycles. The van der Waals surface area contributed by atoms with Crippen LogP contribution in [0, 0.1) is 18.7 Å². The molecule has 0 radical (unpaired) electrons. The minimum absolute atomic E-state index is 0.0721. The maximum absolute atomic E-state index is 15.2. The second kappa shape index (κ2) is 9.35. The second-order valence-electron chi connectivity index (χ2n) is 8.58. The number of hydrogen-bond donors (Lipinski definition) is 2. The number of aromatic nitrogens is 3. The van der Waals surface area contributed by atoms with E-state index in [1.54, 1.807) is 20.2 Å². The summed E-state index contributed by atoms with van der Waals surface area (Å²) >= 11 is 6.47. The van der Waals surface area contributed by atoms with Crippen LogP contribution in [0.1, 0.15) is 47.3 Å². The molecule has 33 heavy (non-hydrogen) atoms. The van der Waals surface area contributed by atoms with E-state index in [9.17, 15) is 4.79 Å². The maximum atomic E-state index is 15.2. The Morgan fingerprint density at radius 3 is 2.79 bits per heavy atom. The van der Waals surface area contributed by atoms with Crippen molar-refractivity contribution in [3.63, 3.8) is 0 Å². The van der Waals surface area contributed by atoms with Gasteiger partial charge < -0.3 is 20.5 Å². The van der Waals surface area contributed by atoms with Crippen LogP contribution < -0.4 is 11.1 Å². The molecule has 2 heterocycles. The average Bonchev–Trinajstić information content (AvgIpc) is 3.42. The molecule has 8 nitrogen and oxygen atoms in total. The molecule has 0 bridgehead atoms. The monoisotopic (exact) mass is 472 g/mol. The normalized spacial score (nSPS) is 17.8. The number of nitrogens with two attached hydrogens (primary N) is 1. The largest absolute Gasteiger partial charge is 0.398 e. The molecule has 4 rings (SSSR count). The maximum Gasteiger partial charge on any atom is 0.258 e. The third-order valence-corrected chi connectivity index (χ3v) is 6.26. The molecule has 2 aromatic heterocycles. The van der Waals surface area contributed by atoms with Crippen LogP contribution in [0.15, 0.2) is 28.9 Å². The molecule has 3 N–H and O–H groups in total. The molecule has 1 fully saturated rings. The quantitative estimate of drug-likeness (QED) is 0.507. The van der Waals surface area contributed by atoms with Crippen molar-refractivity contribution in [1.82, 2.24) is 20.0 Å². The molecule has 10 heteroatoms. The molecule has 1 aliphatic carbocycles. The van der Waals surface area contributed by atoms with Crippen LogP contribution in [-0.2, 0) is 0 Å². The summed E-state index contributed by atoms with van der Waals surface area (Å²) in [4.78, 5) is 22.4. The van der Waals surface area contributed by atoms with Crippen molar-refractivity contribution in [3.05, 3.63) is 52.5 Å². The van der Waals surface area contributed by atoms with E-state index in [1.165, 1.54) is 23.2 Å². The molecule has 1 amide bonds. The van der Waals surface area contributed by atoms with Gasteiger partial charge in [0.1, 0.15) is 11.6 Å². The van der Waals surface area contributed by atoms with Crippen molar-refractivity contribution in [3.8, 4) is 11.1 Å². The predicted octanol–water partition coefficient (Wildman–Crippen LogP) is 4.51. The second-order valence-corrected chi connectivity index (χ2v) is 8.98. The number of pyridine rings is 1. The molecule has 2 unspecified atom stereocenters. The first kappa shape index (κ1) is 23.0. The Kier molecular flexibility index (Phi) is 6.51. The molecule has 0 spiro atoms. The van der Waals surface area contributed by atoms with Crippen molar-refractivity contribution in [2.24, 2.45) is 5.92 Å². The zero-order chi connectivity index (χ0) is 23.7. The number of carbonyl (C=O) groups is 1. The van der Waals surface area contributed by atoms with Crippen LogP contribution in [-0.4, -0.2) is 46.6 Å².